The van der Waals surface area contributed by atoms with Gasteiger partial charge < -0.3 is 9.47 Å². The highest BCUT2D eigenvalue weighted by Gasteiger charge is 2.17. The lowest BCUT2D eigenvalue weighted by molar-refractivity contribution is -0.157. The monoisotopic (exact) mass is 434 g/mol. The topological polar surface area (TPSA) is 69.7 Å². The summed E-state index contributed by atoms with van der Waals surface area (Å²) < 4.78 is 34.4. The van der Waals surface area contributed by atoms with Crippen LogP contribution in [0.1, 0.15) is 37.5 Å². The van der Waals surface area contributed by atoms with E-state index in [9.17, 15) is 13.2 Å². The van der Waals surface area contributed by atoms with Gasteiger partial charge in [-0.15, -0.1) is 0 Å². The maximum Gasteiger partial charge on any atom is 0.344 e. The molecule has 0 spiro atoms. The third kappa shape index (κ3) is 7.12. The van der Waals surface area contributed by atoms with Crippen LogP contribution < -0.4 is 4.74 Å². The SMILES string of the molecule is Cc1ccc(S(C)(=O)=O)cc1C#Cc1cc(Cl)ccc1OCC(=O)OC(C)(C)C. The molecular weight excluding hydrogens is 412 g/mol. The lowest BCUT2D eigenvalue weighted by atomic mass is 10.1. The molecule has 0 aliphatic heterocycles. The predicted octanol–water partition coefficient (Wildman–Crippen LogP) is 4.17. The molecule has 0 aliphatic rings. The molecule has 0 aromatic heterocycles. The summed E-state index contributed by atoms with van der Waals surface area (Å²) in [4.78, 5) is 12.1. The number of sulfone groups is 1. The third-order valence-corrected chi connectivity index (χ3v) is 5.02. The molecule has 0 unspecified atom stereocenters. The smallest absolute Gasteiger partial charge is 0.344 e. The molecule has 2 aromatic rings. The summed E-state index contributed by atoms with van der Waals surface area (Å²) in [5.74, 6) is 5.80. The van der Waals surface area contributed by atoms with Crippen molar-refractivity contribution in [1.82, 2.24) is 0 Å². The number of hydrogen-bond acceptors (Lipinski definition) is 5. The Morgan fingerprint density at radius 3 is 2.34 bits per heavy atom. The van der Waals surface area contributed by atoms with Crippen molar-refractivity contribution in [3.05, 3.63) is 58.1 Å². The molecule has 0 saturated carbocycles. The van der Waals surface area contributed by atoms with Gasteiger partial charge in [0, 0.05) is 16.8 Å². The Hall–Kier alpha value is -2.49. The van der Waals surface area contributed by atoms with Gasteiger partial charge in [0.15, 0.2) is 16.4 Å². The fourth-order valence-corrected chi connectivity index (χ4v) is 3.15. The number of esters is 1. The van der Waals surface area contributed by atoms with E-state index in [1.807, 2.05) is 6.92 Å². The van der Waals surface area contributed by atoms with Crippen LogP contribution >= 0.6 is 11.6 Å². The van der Waals surface area contributed by atoms with E-state index >= 15 is 0 Å². The second-order valence-electron chi connectivity index (χ2n) is 7.51. The number of hydrogen-bond donors (Lipinski definition) is 0. The Bertz CT molecular complexity index is 1090. The van der Waals surface area contributed by atoms with Crippen LogP contribution in [0.15, 0.2) is 41.3 Å². The molecule has 0 atom stereocenters. The molecule has 0 bridgehead atoms. The van der Waals surface area contributed by atoms with Gasteiger partial charge in [0.1, 0.15) is 11.4 Å². The van der Waals surface area contributed by atoms with Gasteiger partial charge in [-0.3, -0.25) is 0 Å². The molecule has 2 rings (SSSR count). The number of carbonyl (C=O) groups is 1. The Kier molecular flexibility index (Phi) is 6.99. The fourth-order valence-electron chi connectivity index (χ4n) is 2.33. The molecule has 0 radical (unpaired) electrons. The third-order valence-electron chi connectivity index (χ3n) is 3.68. The fraction of sp³-hybridized carbons (Fsp3) is 0.318. The second kappa shape index (κ2) is 8.89. The van der Waals surface area contributed by atoms with Crippen LogP contribution in [-0.2, 0) is 19.4 Å². The summed E-state index contributed by atoms with van der Waals surface area (Å²) in [5, 5.41) is 0.459. The zero-order chi connectivity index (χ0) is 21.8. The van der Waals surface area contributed by atoms with Crippen LogP contribution in [0.4, 0.5) is 0 Å². The first-order valence-electron chi connectivity index (χ1n) is 8.82. The number of rotatable bonds is 4. The van der Waals surface area contributed by atoms with Crippen LogP contribution in [0.3, 0.4) is 0 Å². The van der Waals surface area contributed by atoms with Crippen molar-refractivity contribution >= 4 is 27.4 Å². The molecule has 154 valence electrons. The summed E-state index contributed by atoms with van der Waals surface area (Å²) in [6, 6.07) is 9.66. The molecule has 5 nitrogen and oxygen atoms in total. The lowest BCUT2D eigenvalue weighted by Crippen LogP contribution is -2.27. The maximum atomic E-state index is 11.9. The summed E-state index contributed by atoms with van der Waals surface area (Å²) in [5.41, 5.74) is 1.28. The molecule has 0 N–H and O–H groups in total. The quantitative estimate of drug-likeness (QED) is 0.533. The minimum atomic E-state index is -3.34. The first-order valence-corrected chi connectivity index (χ1v) is 11.1. The zero-order valence-corrected chi connectivity index (χ0v) is 18.6. The van der Waals surface area contributed by atoms with E-state index < -0.39 is 21.4 Å². The predicted molar refractivity (Wildman–Crippen MR) is 113 cm³/mol. The Morgan fingerprint density at radius 1 is 1.07 bits per heavy atom. The Morgan fingerprint density at radius 2 is 1.72 bits per heavy atom. The van der Waals surface area contributed by atoms with Crippen molar-refractivity contribution < 1.29 is 22.7 Å². The van der Waals surface area contributed by atoms with Crippen molar-refractivity contribution in [1.29, 1.82) is 0 Å². The van der Waals surface area contributed by atoms with Crippen LogP contribution in [0.5, 0.6) is 5.75 Å². The minimum Gasteiger partial charge on any atom is -0.481 e. The number of benzene rings is 2. The standard InChI is InChI=1S/C22H23ClO5S/c1-15-6-10-19(29(5,25)26)13-16(15)7-8-17-12-18(23)9-11-20(17)27-14-21(24)28-22(2,3)4/h6,9-13H,14H2,1-5H3. The van der Waals surface area contributed by atoms with Gasteiger partial charge in [0.05, 0.1) is 10.5 Å². The van der Waals surface area contributed by atoms with E-state index in [0.717, 1.165) is 11.8 Å². The highest BCUT2D eigenvalue weighted by Crippen LogP contribution is 2.23. The van der Waals surface area contributed by atoms with Gasteiger partial charge in [-0.05, 0) is 63.6 Å². The van der Waals surface area contributed by atoms with Crippen molar-refractivity contribution in [2.45, 2.75) is 38.2 Å². The highest BCUT2D eigenvalue weighted by atomic mass is 35.5. The molecule has 0 amide bonds. The van der Waals surface area contributed by atoms with E-state index in [0.29, 0.717) is 21.9 Å². The Balaban J connectivity index is 2.31. The average Bonchev–Trinajstić information content (AvgIpc) is 2.57. The molecule has 0 heterocycles. The highest BCUT2D eigenvalue weighted by molar-refractivity contribution is 7.90. The number of carbonyl (C=O) groups excluding carboxylic acids is 1. The molecule has 2 aromatic carbocycles. The molecule has 29 heavy (non-hydrogen) atoms. The number of aryl methyl sites for hydroxylation is 1. The van der Waals surface area contributed by atoms with Gasteiger partial charge in [0.25, 0.3) is 0 Å². The molecule has 0 saturated heterocycles. The normalized spacial score (nSPS) is 11.4. The summed E-state index contributed by atoms with van der Waals surface area (Å²) in [7, 11) is -3.34. The van der Waals surface area contributed by atoms with Crippen LogP contribution in [0.25, 0.3) is 0 Å². The van der Waals surface area contributed by atoms with Gasteiger partial charge in [-0.25, -0.2) is 13.2 Å². The first-order chi connectivity index (χ1) is 13.3. The van der Waals surface area contributed by atoms with Crippen LogP contribution in [0, 0.1) is 18.8 Å². The van der Waals surface area contributed by atoms with E-state index in [1.54, 1.807) is 51.1 Å². The molecular formula is C22H23ClO5S. The lowest BCUT2D eigenvalue weighted by Gasteiger charge is -2.19. The summed E-state index contributed by atoms with van der Waals surface area (Å²) in [6.45, 7) is 6.90. The first kappa shape index (κ1) is 22.8. The number of ether oxygens (including phenoxy) is 2. The largest absolute Gasteiger partial charge is 0.481 e. The van der Waals surface area contributed by atoms with Gasteiger partial charge in [-0.2, -0.15) is 0 Å². The van der Waals surface area contributed by atoms with E-state index in [2.05, 4.69) is 11.8 Å². The van der Waals surface area contributed by atoms with E-state index in [4.69, 9.17) is 21.1 Å². The zero-order valence-electron chi connectivity index (χ0n) is 17.0. The van der Waals surface area contributed by atoms with Crippen LogP contribution in [0.2, 0.25) is 5.02 Å². The van der Waals surface area contributed by atoms with Crippen molar-refractivity contribution in [2.24, 2.45) is 0 Å². The van der Waals surface area contributed by atoms with Gasteiger partial charge in [-0.1, -0.05) is 29.5 Å². The van der Waals surface area contributed by atoms with Crippen LogP contribution in [-0.4, -0.2) is 32.9 Å². The summed E-state index contributed by atoms with van der Waals surface area (Å²) >= 11 is 6.07. The Labute approximate surface area is 176 Å². The van der Waals surface area contributed by atoms with Crippen molar-refractivity contribution in [3.63, 3.8) is 0 Å². The maximum absolute atomic E-state index is 11.9. The van der Waals surface area contributed by atoms with E-state index in [1.165, 1.54) is 6.07 Å². The van der Waals surface area contributed by atoms with Crippen molar-refractivity contribution in [3.8, 4) is 17.6 Å². The minimum absolute atomic E-state index is 0.194. The van der Waals surface area contributed by atoms with E-state index in [-0.39, 0.29) is 11.5 Å². The second-order valence-corrected chi connectivity index (χ2v) is 9.97. The number of halogens is 1. The summed E-state index contributed by atoms with van der Waals surface area (Å²) in [6.07, 6.45) is 1.15. The van der Waals surface area contributed by atoms with Gasteiger partial charge in [0.2, 0.25) is 0 Å². The molecule has 0 aliphatic carbocycles. The van der Waals surface area contributed by atoms with Gasteiger partial charge >= 0.3 is 5.97 Å². The average molecular weight is 435 g/mol. The molecule has 7 heteroatoms. The molecule has 0 fully saturated rings. The van der Waals surface area contributed by atoms with Crippen molar-refractivity contribution in [2.75, 3.05) is 12.9 Å².